The first-order valence-electron chi connectivity index (χ1n) is 20.6. The van der Waals surface area contributed by atoms with Crippen LogP contribution in [0.25, 0.3) is 22.0 Å². The number of allylic oxidation sites excluding steroid dienone is 4. The second kappa shape index (κ2) is 21.7. The van der Waals surface area contributed by atoms with Crippen molar-refractivity contribution in [3.05, 3.63) is 149 Å². The topological polar surface area (TPSA) is 146 Å². The summed E-state index contributed by atoms with van der Waals surface area (Å²) in [6, 6.07) is 26.0. The number of nitrogens with one attached hydrogen (secondary N) is 2. The number of benzene rings is 4. The van der Waals surface area contributed by atoms with Crippen LogP contribution in [0.2, 0.25) is 5.02 Å². The van der Waals surface area contributed by atoms with Gasteiger partial charge in [-0.3, -0.25) is 24.6 Å². The molecule has 2 saturated heterocycles. The van der Waals surface area contributed by atoms with Crippen molar-refractivity contribution in [2.45, 2.75) is 23.9 Å². The van der Waals surface area contributed by atoms with E-state index < -0.39 is 14.9 Å². The molecule has 1 aromatic heterocycles. The van der Waals surface area contributed by atoms with E-state index in [0.717, 1.165) is 81.8 Å². The van der Waals surface area contributed by atoms with Crippen molar-refractivity contribution in [1.82, 2.24) is 19.8 Å². The Hall–Kier alpha value is -5.29. The van der Waals surface area contributed by atoms with Gasteiger partial charge in [-0.05, 0) is 65.6 Å². The molecule has 2 fully saturated rings. The van der Waals surface area contributed by atoms with Crippen LogP contribution in [0.1, 0.15) is 12.0 Å². The molecule has 13 nitrogen and oxygen atoms in total. The molecule has 2 N–H and O–H groups in total. The zero-order chi connectivity index (χ0) is 43.3. The number of nitro benzene ring substituents is 1. The molecule has 324 valence electrons. The van der Waals surface area contributed by atoms with Gasteiger partial charge in [0.1, 0.15) is 12.0 Å². The van der Waals surface area contributed by atoms with Gasteiger partial charge in [0, 0.05) is 92.1 Å². The van der Waals surface area contributed by atoms with Gasteiger partial charge in [-0.1, -0.05) is 85.0 Å². The normalized spacial score (nSPS) is 15.9. The number of fused-ring (bicyclic) bond motifs is 1. The van der Waals surface area contributed by atoms with E-state index in [-0.39, 0.29) is 28.1 Å². The van der Waals surface area contributed by atoms with Gasteiger partial charge in [0.05, 0.1) is 28.5 Å². The average Bonchev–Trinajstić information content (AvgIpc) is 3.28. The number of morpholine rings is 1. The molecule has 0 radical (unpaired) electrons. The summed E-state index contributed by atoms with van der Waals surface area (Å²) in [6.45, 7) is 11.7. The van der Waals surface area contributed by atoms with Crippen molar-refractivity contribution >= 4 is 67.2 Å². The highest BCUT2D eigenvalue weighted by atomic mass is 35.5. The molecule has 2 aliphatic rings. The van der Waals surface area contributed by atoms with E-state index in [0.29, 0.717) is 34.9 Å². The quantitative estimate of drug-likeness (QED) is 0.0355. The number of thioether (sulfide) groups is 1. The van der Waals surface area contributed by atoms with E-state index in [9.17, 15) is 18.5 Å². The molecule has 0 amide bonds. The number of aromatic nitrogens is 2. The lowest BCUT2D eigenvalue weighted by atomic mass is 9.99. The Kier molecular flexibility index (Phi) is 15.6. The van der Waals surface area contributed by atoms with E-state index in [4.69, 9.17) is 16.3 Å². The molecule has 1 atom stereocenters. The number of piperazine rings is 1. The molecule has 0 bridgehead atoms. The number of nitrogens with zero attached hydrogens (tertiary/aromatic N) is 6. The van der Waals surface area contributed by atoms with Crippen LogP contribution in [0, 0.1) is 10.1 Å². The SMILES string of the molecule is C=C/C=C\C=C/CSC[C@@H](CCN1CCOCC1)Nc1ccc(S(=O)(=O)Nc2ncnc3cc(N4CCN(Cc5ccccc5-c5ccc(Cl)cc5)CC4)ccc23)cc1[N+](=O)[O-]. The zero-order valence-electron chi connectivity index (χ0n) is 34.4. The number of anilines is 3. The number of hydrogen-bond acceptors (Lipinski definition) is 12. The van der Waals surface area contributed by atoms with Crippen molar-refractivity contribution in [1.29, 1.82) is 0 Å². The van der Waals surface area contributed by atoms with Gasteiger partial charge >= 0.3 is 0 Å². The van der Waals surface area contributed by atoms with Crippen LogP contribution in [0.5, 0.6) is 0 Å². The molecule has 16 heteroatoms. The highest BCUT2D eigenvalue weighted by Crippen LogP contribution is 2.32. The number of ether oxygens (including phenoxy) is 1. The Balaban J connectivity index is 1.01. The number of rotatable bonds is 19. The highest BCUT2D eigenvalue weighted by Gasteiger charge is 2.26. The van der Waals surface area contributed by atoms with Crippen molar-refractivity contribution in [2.75, 3.05) is 85.5 Å². The Labute approximate surface area is 372 Å². The van der Waals surface area contributed by atoms with Crippen LogP contribution in [0.15, 0.2) is 133 Å². The lowest BCUT2D eigenvalue weighted by Gasteiger charge is -2.36. The summed E-state index contributed by atoms with van der Waals surface area (Å²) >= 11 is 7.86. The molecule has 7 rings (SSSR count). The van der Waals surface area contributed by atoms with E-state index in [1.807, 2.05) is 54.6 Å². The standard InChI is InChI=1S/C46H51ClN8O5S2/c1-2-3-4-5-8-29-61-33-38(19-20-52-25-27-60-28-26-52)50-43-18-16-40(31-45(43)55(56)57)62(58,59)51-46-42-17-15-39(30-44(42)48-34-49-46)54-23-21-53(22-24-54)32-36-9-6-7-10-41(36)35-11-13-37(47)14-12-35/h2-18,30-31,34,38,50H,1,19-29,32-33H2,(H,48,49,51)/b4-3-,8-5-/t38-/m1/s1. The number of sulfonamides is 1. The second-order valence-electron chi connectivity index (χ2n) is 15.1. The minimum absolute atomic E-state index is 0.0878. The Morgan fingerprint density at radius 3 is 2.48 bits per heavy atom. The van der Waals surface area contributed by atoms with Gasteiger partial charge in [-0.25, -0.2) is 18.4 Å². The maximum Gasteiger partial charge on any atom is 0.293 e. The summed E-state index contributed by atoms with van der Waals surface area (Å²) in [5, 5.41) is 17.0. The molecule has 4 aromatic carbocycles. The Bertz CT molecular complexity index is 2490. The molecule has 0 aliphatic carbocycles. The lowest BCUT2D eigenvalue weighted by molar-refractivity contribution is -0.384. The summed E-state index contributed by atoms with van der Waals surface area (Å²) in [4.78, 5) is 27.4. The Morgan fingerprint density at radius 1 is 0.919 bits per heavy atom. The van der Waals surface area contributed by atoms with Crippen LogP contribution in [0.4, 0.5) is 22.9 Å². The van der Waals surface area contributed by atoms with Gasteiger partial charge < -0.3 is 15.0 Å². The fourth-order valence-corrected chi connectivity index (χ4v) is 9.66. The largest absolute Gasteiger partial charge is 0.379 e. The predicted molar refractivity (Wildman–Crippen MR) is 253 cm³/mol. The molecule has 0 spiro atoms. The van der Waals surface area contributed by atoms with Gasteiger partial charge in [0.2, 0.25) is 0 Å². The van der Waals surface area contributed by atoms with Crippen LogP contribution in [-0.2, 0) is 21.3 Å². The molecule has 3 heterocycles. The third-order valence-electron chi connectivity index (χ3n) is 10.9. The smallest absolute Gasteiger partial charge is 0.293 e. The van der Waals surface area contributed by atoms with E-state index in [1.165, 1.54) is 29.6 Å². The third-order valence-corrected chi connectivity index (χ3v) is 13.6. The first kappa shape index (κ1) is 44.8. The highest BCUT2D eigenvalue weighted by molar-refractivity contribution is 7.99. The van der Waals surface area contributed by atoms with E-state index in [2.05, 4.69) is 77.7 Å². The molecule has 2 aliphatic heterocycles. The number of halogens is 1. The van der Waals surface area contributed by atoms with Crippen LogP contribution in [0.3, 0.4) is 0 Å². The number of hydrogen-bond donors (Lipinski definition) is 2. The summed E-state index contributed by atoms with van der Waals surface area (Å²) in [6.07, 6.45) is 11.5. The van der Waals surface area contributed by atoms with Crippen LogP contribution in [-0.4, -0.2) is 110 Å². The summed E-state index contributed by atoms with van der Waals surface area (Å²) in [7, 11) is -4.28. The maximum atomic E-state index is 13.8. The lowest BCUT2D eigenvalue weighted by Crippen LogP contribution is -2.46. The summed E-state index contributed by atoms with van der Waals surface area (Å²) in [5.74, 6) is 1.55. The van der Waals surface area contributed by atoms with Gasteiger partial charge in [0.25, 0.3) is 15.7 Å². The maximum absolute atomic E-state index is 13.8. The monoisotopic (exact) mass is 894 g/mol. The fraction of sp³-hybridized carbons (Fsp3) is 0.304. The summed E-state index contributed by atoms with van der Waals surface area (Å²) in [5.41, 5.74) is 5.07. The third kappa shape index (κ3) is 12.0. The van der Waals surface area contributed by atoms with Gasteiger partial charge in [-0.15, -0.1) is 0 Å². The molecule has 0 saturated carbocycles. The zero-order valence-corrected chi connectivity index (χ0v) is 36.8. The van der Waals surface area contributed by atoms with Crippen molar-refractivity contribution in [3.63, 3.8) is 0 Å². The first-order valence-corrected chi connectivity index (χ1v) is 23.6. The van der Waals surface area contributed by atoms with E-state index in [1.54, 1.807) is 17.8 Å². The first-order chi connectivity index (χ1) is 30.2. The molecular weight excluding hydrogens is 844 g/mol. The molecular formula is C46H51ClN8O5S2. The minimum Gasteiger partial charge on any atom is -0.379 e. The molecule has 0 unspecified atom stereocenters. The van der Waals surface area contributed by atoms with Gasteiger partial charge in [-0.2, -0.15) is 11.8 Å². The van der Waals surface area contributed by atoms with E-state index >= 15 is 0 Å². The van der Waals surface area contributed by atoms with Crippen molar-refractivity contribution in [3.8, 4) is 11.1 Å². The van der Waals surface area contributed by atoms with Gasteiger partial charge in [0.15, 0.2) is 5.82 Å². The molecule has 5 aromatic rings. The van der Waals surface area contributed by atoms with Crippen LogP contribution < -0.4 is 14.9 Å². The van der Waals surface area contributed by atoms with Crippen LogP contribution >= 0.6 is 23.4 Å². The fourth-order valence-electron chi connectivity index (χ4n) is 7.57. The minimum atomic E-state index is -4.28. The summed E-state index contributed by atoms with van der Waals surface area (Å²) < 4.78 is 35.7. The second-order valence-corrected chi connectivity index (χ2v) is 18.3. The number of nitro groups is 1. The predicted octanol–water partition coefficient (Wildman–Crippen LogP) is 8.52. The van der Waals surface area contributed by atoms with Crippen molar-refractivity contribution in [2.24, 2.45) is 0 Å². The molecule has 62 heavy (non-hydrogen) atoms. The van der Waals surface area contributed by atoms with Crippen molar-refractivity contribution < 1.29 is 18.1 Å². The Morgan fingerprint density at radius 2 is 1.71 bits per heavy atom. The average molecular weight is 896 g/mol.